The second-order valence-electron chi connectivity index (χ2n) is 10.5. The minimum Gasteiger partial charge on any atom is -0.505 e. The summed E-state index contributed by atoms with van der Waals surface area (Å²) in [5.41, 5.74) is 4.72. The highest BCUT2D eigenvalue weighted by Crippen LogP contribution is 2.42. The predicted molar refractivity (Wildman–Crippen MR) is 147 cm³/mol. The van der Waals surface area contributed by atoms with Gasteiger partial charge in [-0.3, -0.25) is 9.59 Å². The van der Waals surface area contributed by atoms with E-state index in [-0.39, 0.29) is 28.3 Å². The Kier molecular flexibility index (Phi) is 6.86. The van der Waals surface area contributed by atoms with Gasteiger partial charge in [0, 0.05) is 43.0 Å². The zero-order chi connectivity index (χ0) is 27.1. The Labute approximate surface area is 216 Å². The number of carbonyl (C=O) groups is 2. The van der Waals surface area contributed by atoms with Gasteiger partial charge in [-0.05, 0) is 54.5 Å². The Hall–Kier alpha value is -4.07. The maximum Gasteiger partial charge on any atom is 0.319 e. The number of urea groups is 1. The van der Waals surface area contributed by atoms with Gasteiger partial charge in [0.2, 0.25) is 0 Å². The van der Waals surface area contributed by atoms with Crippen molar-refractivity contribution in [1.82, 2.24) is 9.88 Å². The molecule has 1 aliphatic heterocycles. The molecule has 194 valence electrons. The molecule has 0 aliphatic carbocycles. The molecule has 2 aromatic carbocycles. The topological polar surface area (TPSA) is 104 Å². The Balaban J connectivity index is 1.75. The summed E-state index contributed by atoms with van der Waals surface area (Å²) in [4.78, 5) is 39.8. The van der Waals surface area contributed by atoms with Gasteiger partial charge in [-0.25, -0.2) is 4.79 Å². The predicted octanol–water partition coefficient (Wildman–Crippen LogP) is 4.71. The molecule has 1 aliphatic rings. The molecule has 0 spiro atoms. The maximum absolute atomic E-state index is 13.6. The highest BCUT2D eigenvalue weighted by Gasteiger charge is 2.30. The van der Waals surface area contributed by atoms with Crippen LogP contribution in [0.15, 0.2) is 47.4 Å². The number of amides is 3. The lowest BCUT2D eigenvalue weighted by molar-refractivity contribution is 0.0979. The number of fused-ring (bicyclic) bond motifs is 1. The standard InChI is InChI=1S/C29H34N4O4/c1-7-30-28(37)31-23-15-19(16-32(6)27(23)36)21-10-8-17(2)24(25(21)34)33-13-12-18-14-20(29(3,4)5)9-11-22(18)26(33)35/h8-11,14-16,34H,7,12-13H2,1-6H3,(H2,30,31,37). The van der Waals surface area contributed by atoms with E-state index in [2.05, 4.69) is 37.5 Å². The molecule has 3 N–H and O–H groups in total. The fraction of sp³-hybridized carbons (Fsp3) is 0.345. The first-order chi connectivity index (χ1) is 17.4. The van der Waals surface area contributed by atoms with Crippen LogP contribution in [0.2, 0.25) is 0 Å². The monoisotopic (exact) mass is 502 g/mol. The zero-order valence-electron chi connectivity index (χ0n) is 22.2. The number of benzene rings is 2. The molecule has 0 atom stereocenters. The summed E-state index contributed by atoms with van der Waals surface area (Å²) in [6, 6.07) is 10.6. The third-order valence-corrected chi connectivity index (χ3v) is 6.75. The van der Waals surface area contributed by atoms with Crippen molar-refractivity contribution in [2.75, 3.05) is 23.3 Å². The number of phenolic OH excluding ortho intramolecular Hbond substituents is 1. The van der Waals surface area contributed by atoms with Crippen LogP contribution in [0, 0.1) is 6.92 Å². The van der Waals surface area contributed by atoms with Crippen LogP contribution in [0.3, 0.4) is 0 Å². The molecule has 0 fully saturated rings. The summed E-state index contributed by atoms with van der Waals surface area (Å²) in [5, 5.41) is 16.6. The van der Waals surface area contributed by atoms with Gasteiger partial charge in [0.15, 0.2) is 0 Å². The summed E-state index contributed by atoms with van der Waals surface area (Å²) < 4.78 is 1.35. The van der Waals surface area contributed by atoms with Crippen LogP contribution < -0.4 is 21.1 Å². The minimum atomic E-state index is -0.488. The summed E-state index contributed by atoms with van der Waals surface area (Å²) >= 11 is 0. The quantitative estimate of drug-likeness (QED) is 0.481. The lowest BCUT2D eigenvalue weighted by atomic mass is 9.84. The van der Waals surface area contributed by atoms with E-state index in [1.807, 2.05) is 25.1 Å². The van der Waals surface area contributed by atoms with E-state index in [0.717, 1.165) is 11.1 Å². The highest BCUT2D eigenvalue weighted by molar-refractivity contribution is 6.10. The van der Waals surface area contributed by atoms with Gasteiger partial charge in [-0.15, -0.1) is 0 Å². The Morgan fingerprint density at radius 2 is 1.78 bits per heavy atom. The molecule has 3 amide bonds. The molecular weight excluding hydrogens is 468 g/mol. The lowest BCUT2D eigenvalue weighted by Gasteiger charge is -2.32. The van der Waals surface area contributed by atoms with Gasteiger partial charge in [0.1, 0.15) is 11.4 Å². The number of aromatic hydroxyl groups is 1. The average Bonchev–Trinajstić information content (AvgIpc) is 2.82. The zero-order valence-corrected chi connectivity index (χ0v) is 22.2. The van der Waals surface area contributed by atoms with Crippen molar-refractivity contribution in [2.24, 2.45) is 7.05 Å². The van der Waals surface area contributed by atoms with E-state index in [1.54, 1.807) is 31.1 Å². The Morgan fingerprint density at radius 3 is 2.46 bits per heavy atom. The second-order valence-corrected chi connectivity index (χ2v) is 10.5. The highest BCUT2D eigenvalue weighted by atomic mass is 16.3. The number of nitrogens with one attached hydrogen (secondary N) is 2. The third-order valence-electron chi connectivity index (χ3n) is 6.75. The largest absolute Gasteiger partial charge is 0.505 e. The minimum absolute atomic E-state index is 0.0148. The van der Waals surface area contributed by atoms with E-state index < -0.39 is 6.03 Å². The number of aromatic nitrogens is 1. The maximum atomic E-state index is 13.6. The number of hydrogen-bond donors (Lipinski definition) is 3. The van der Waals surface area contributed by atoms with E-state index in [1.165, 1.54) is 16.2 Å². The van der Waals surface area contributed by atoms with Gasteiger partial charge in [-0.1, -0.05) is 45.0 Å². The number of phenols is 1. The van der Waals surface area contributed by atoms with Crippen LogP contribution in [0.1, 0.15) is 54.7 Å². The molecule has 0 saturated heterocycles. The molecule has 4 rings (SSSR count). The molecule has 8 heteroatoms. The van der Waals surface area contributed by atoms with E-state index >= 15 is 0 Å². The lowest BCUT2D eigenvalue weighted by Crippen LogP contribution is -2.38. The van der Waals surface area contributed by atoms with Gasteiger partial charge < -0.3 is 25.2 Å². The SMILES string of the molecule is CCNC(=O)Nc1cc(-c2ccc(C)c(N3CCc4cc(C(C)(C)C)ccc4C3=O)c2O)cn(C)c1=O. The number of anilines is 2. The average molecular weight is 503 g/mol. The molecule has 0 saturated carbocycles. The Bertz CT molecular complexity index is 1450. The first kappa shape index (κ1) is 26.0. The Morgan fingerprint density at radius 1 is 1.08 bits per heavy atom. The molecule has 0 radical (unpaired) electrons. The number of aryl methyl sites for hydroxylation is 2. The molecule has 0 bridgehead atoms. The summed E-state index contributed by atoms with van der Waals surface area (Å²) in [6.07, 6.45) is 2.27. The molecule has 2 heterocycles. The molecular formula is C29H34N4O4. The van der Waals surface area contributed by atoms with Gasteiger partial charge in [-0.2, -0.15) is 0 Å². The number of hydrogen-bond acceptors (Lipinski definition) is 4. The summed E-state index contributed by atoms with van der Waals surface area (Å²) in [7, 11) is 1.58. The van der Waals surface area contributed by atoms with Crippen LogP contribution in [0.25, 0.3) is 11.1 Å². The van der Waals surface area contributed by atoms with Crippen LogP contribution in [-0.2, 0) is 18.9 Å². The first-order valence-corrected chi connectivity index (χ1v) is 12.5. The van der Waals surface area contributed by atoms with Crippen molar-refractivity contribution < 1.29 is 14.7 Å². The first-order valence-electron chi connectivity index (χ1n) is 12.5. The number of pyridine rings is 1. The number of rotatable bonds is 4. The van der Waals surface area contributed by atoms with Crippen LogP contribution in [0.4, 0.5) is 16.2 Å². The third kappa shape index (κ3) is 4.96. The molecule has 37 heavy (non-hydrogen) atoms. The van der Waals surface area contributed by atoms with Crippen molar-refractivity contribution in [1.29, 1.82) is 0 Å². The summed E-state index contributed by atoms with van der Waals surface area (Å²) in [6.45, 7) is 10.9. The number of carbonyl (C=O) groups excluding carboxylic acids is 2. The fourth-order valence-corrected chi connectivity index (χ4v) is 4.70. The van der Waals surface area contributed by atoms with Crippen molar-refractivity contribution in [3.63, 3.8) is 0 Å². The van der Waals surface area contributed by atoms with Gasteiger partial charge in [0.05, 0.1) is 5.69 Å². The van der Waals surface area contributed by atoms with Crippen molar-refractivity contribution >= 4 is 23.3 Å². The van der Waals surface area contributed by atoms with Gasteiger partial charge >= 0.3 is 6.03 Å². The van der Waals surface area contributed by atoms with Crippen LogP contribution in [-0.4, -0.2) is 34.7 Å². The molecule has 1 aromatic heterocycles. The molecule has 8 nitrogen and oxygen atoms in total. The van der Waals surface area contributed by atoms with Crippen molar-refractivity contribution in [3.05, 3.63) is 75.2 Å². The normalized spacial score (nSPS) is 13.4. The summed E-state index contributed by atoms with van der Waals surface area (Å²) in [5.74, 6) is -0.206. The van der Waals surface area contributed by atoms with Gasteiger partial charge in [0.25, 0.3) is 11.5 Å². The van der Waals surface area contributed by atoms with E-state index in [0.29, 0.717) is 41.9 Å². The second kappa shape index (κ2) is 9.76. The molecule has 3 aromatic rings. The number of nitrogens with zero attached hydrogens (tertiary/aromatic N) is 2. The van der Waals surface area contributed by atoms with Crippen molar-refractivity contribution in [2.45, 2.75) is 46.5 Å². The van der Waals surface area contributed by atoms with E-state index in [9.17, 15) is 19.5 Å². The van der Waals surface area contributed by atoms with Crippen molar-refractivity contribution in [3.8, 4) is 16.9 Å². The smallest absolute Gasteiger partial charge is 0.319 e. The van der Waals surface area contributed by atoms with E-state index in [4.69, 9.17) is 0 Å². The molecule has 0 unspecified atom stereocenters. The fourth-order valence-electron chi connectivity index (χ4n) is 4.70. The van der Waals surface area contributed by atoms with Crippen LogP contribution >= 0.6 is 0 Å². The van der Waals surface area contributed by atoms with Crippen LogP contribution in [0.5, 0.6) is 5.75 Å².